The fourth-order valence-electron chi connectivity index (χ4n) is 1.90. The van der Waals surface area contributed by atoms with Gasteiger partial charge in [-0.3, -0.25) is 0 Å². The highest BCUT2D eigenvalue weighted by Gasteiger charge is 2.10. The molecular formula is C16H16Cl2O2. The Hall–Kier alpha value is -1.22. The molecule has 0 aliphatic rings. The van der Waals surface area contributed by atoms with E-state index in [0.29, 0.717) is 22.4 Å². The van der Waals surface area contributed by atoms with E-state index in [9.17, 15) is 5.11 Å². The van der Waals surface area contributed by atoms with Gasteiger partial charge in [-0.25, -0.2) is 0 Å². The number of aliphatic hydroxyl groups is 1. The molecule has 106 valence electrons. The first-order valence-electron chi connectivity index (χ1n) is 6.32. The topological polar surface area (TPSA) is 29.5 Å². The van der Waals surface area contributed by atoms with E-state index in [0.717, 1.165) is 16.7 Å². The molecule has 2 aromatic rings. The summed E-state index contributed by atoms with van der Waals surface area (Å²) in [5.41, 5.74) is 2.78. The molecule has 4 heteroatoms. The van der Waals surface area contributed by atoms with Crippen LogP contribution in [0.5, 0.6) is 5.75 Å². The molecular weight excluding hydrogens is 295 g/mol. The predicted molar refractivity (Wildman–Crippen MR) is 82.6 cm³/mol. The van der Waals surface area contributed by atoms with E-state index < -0.39 is 6.10 Å². The molecule has 0 heterocycles. The number of ether oxygens (including phenoxy) is 1. The maximum Gasteiger partial charge on any atom is 0.125 e. The Balaban J connectivity index is 2.17. The molecule has 0 spiro atoms. The van der Waals surface area contributed by atoms with Crippen LogP contribution in [0, 0.1) is 6.92 Å². The van der Waals surface area contributed by atoms with Gasteiger partial charge >= 0.3 is 0 Å². The van der Waals surface area contributed by atoms with Crippen LogP contribution in [-0.4, -0.2) is 5.11 Å². The van der Waals surface area contributed by atoms with Crippen molar-refractivity contribution in [3.63, 3.8) is 0 Å². The highest BCUT2D eigenvalue weighted by molar-refractivity contribution is 6.42. The van der Waals surface area contributed by atoms with Crippen LogP contribution in [0.15, 0.2) is 36.4 Å². The molecule has 1 atom stereocenters. The fourth-order valence-corrected chi connectivity index (χ4v) is 2.22. The minimum Gasteiger partial charge on any atom is -0.489 e. The maximum absolute atomic E-state index is 9.75. The largest absolute Gasteiger partial charge is 0.489 e. The van der Waals surface area contributed by atoms with Gasteiger partial charge in [0.1, 0.15) is 12.4 Å². The van der Waals surface area contributed by atoms with Crippen LogP contribution in [0.4, 0.5) is 0 Å². The molecule has 0 aliphatic carbocycles. The second kappa shape index (κ2) is 6.49. The summed E-state index contributed by atoms with van der Waals surface area (Å²) in [6.07, 6.45) is -0.570. The van der Waals surface area contributed by atoms with Crippen LogP contribution < -0.4 is 4.74 Å². The zero-order valence-corrected chi connectivity index (χ0v) is 12.9. The van der Waals surface area contributed by atoms with Gasteiger partial charge < -0.3 is 9.84 Å². The molecule has 0 aromatic heterocycles. The third-order valence-corrected chi connectivity index (χ3v) is 3.74. The Morgan fingerprint density at radius 3 is 2.50 bits per heavy atom. The molecule has 0 aliphatic heterocycles. The van der Waals surface area contributed by atoms with Gasteiger partial charge in [0.2, 0.25) is 0 Å². The summed E-state index contributed by atoms with van der Waals surface area (Å²) in [7, 11) is 0. The quantitative estimate of drug-likeness (QED) is 0.867. The number of hydrogen-bond acceptors (Lipinski definition) is 2. The van der Waals surface area contributed by atoms with Crippen LogP contribution in [0.3, 0.4) is 0 Å². The van der Waals surface area contributed by atoms with Crippen molar-refractivity contribution in [1.29, 1.82) is 0 Å². The molecule has 2 rings (SSSR count). The highest BCUT2D eigenvalue weighted by Crippen LogP contribution is 2.28. The second-order valence-corrected chi connectivity index (χ2v) is 5.57. The zero-order valence-electron chi connectivity index (χ0n) is 11.4. The summed E-state index contributed by atoms with van der Waals surface area (Å²) in [5.74, 6) is 0.686. The second-order valence-electron chi connectivity index (χ2n) is 4.75. The molecule has 2 nitrogen and oxygen atoms in total. The van der Waals surface area contributed by atoms with Crippen molar-refractivity contribution in [2.75, 3.05) is 0 Å². The van der Waals surface area contributed by atoms with E-state index in [2.05, 4.69) is 0 Å². The zero-order chi connectivity index (χ0) is 14.7. The predicted octanol–water partition coefficient (Wildman–Crippen LogP) is 4.93. The van der Waals surface area contributed by atoms with Crippen molar-refractivity contribution >= 4 is 23.2 Å². The van der Waals surface area contributed by atoms with E-state index in [1.54, 1.807) is 19.1 Å². The van der Waals surface area contributed by atoms with E-state index in [1.165, 1.54) is 0 Å². The minimum absolute atomic E-state index is 0.375. The van der Waals surface area contributed by atoms with Gasteiger partial charge in [0.05, 0.1) is 16.1 Å². The molecule has 0 amide bonds. The van der Waals surface area contributed by atoms with Crippen LogP contribution in [0.1, 0.15) is 29.7 Å². The van der Waals surface area contributed by atoms with E-state index in [4.69, 9.17) is 27.9 Å². The van der Waals surface area contributed by atoms with Gasteiger partial charge in [0, 0.05) is 5.56 Å². The van der Waals surface area contributed by atoms with Crippen molar-refractivity contribution in [1.82, 2.24) is 0 Å². The first-order chi connectivity index (χ1) is 9.47. The summed E-state index contributed by atoms with van der Waals surface area (Å²) < 4.78 is 5.80. The van der Waals surface area contributed by atoms with Crippen molar-refractivity contribution in [3.8, 4) is 5.75 Å². The van der Waals surface area contributed by atoms with Gasteiger partial charge in [0.25, 0.3) is 0 Å². The number of hydrogen-bond donors (Lipinski definition) is 1. The van der Waals surface area contributed by atoms with Crippen LogP contribution in [0.2, 0.25) is 10.0 Å². The first kappa shape index (κ1) is 15.2. The SMILES string of the molecule is Cc1ccc(C(C)O)c(OCc2ccc(Cl)c(Cl)c2)c1. The average Bonchev–Trinajstić information content (AvgIpc) is 2.40. The lowest BCUT2D eigenvalue weighted by molar-refractivity contribution is 0.190. The van der Waals surface area contributed by atoms with Gasteiger partial charge in [-0.05, 0) is 43.2 Å². The first-order valence-corrected chi connectivity index (χ1v) is 7.08. The van der Waals surface area contributed by atoms with E-state index in [1.807, 2.05) is 31.2 Å². The summed E-state index contributed by atoms with van der Waals surface area (Å²) in [4.78, 5) is 0. The molecule has 2 aromatic carbocycles. The third-order valence-electron chi connectivity index (χ3n) is 3.00. The van der Waals surface area contributed by atoms with Crippen molar-refractivity contribution in [2.24, 2.45) is 0 Å². The van der Waals surface area contributed by atoms with Crippen LogP contribution in [-0.2, 0) is 6.61 Å². The lowest BCUT2D eigenvalue weighted by atomic mass is 10.1. The average molecular weight is 311 g/mol. The number of aryl methyl sites for hydroxylation is 1. The van der Waals surface area contributed by atoms with Crippen molar-refractivity contribution in [3.05, 3.63) is 63.1 Å². The van der Waals surface area contributed by atoms with E-state index in [-0.39, 0.29) is 0 Å². The van der Waals surface area contributed by atoms with Gasteiger partial charge in [-0.2, -0.15) is 0 Å². The summed E-state index contributed by atoms with van der Waals surface area (Å²) >= 11 is 11.9. The smallest absolute Gasteiger partial charge is 0.125 e. The van der Waals surface area contributed by atoms with Crippen LogP contribution >= 0.6 is 23.2 Å². The number of aliphatic hydroxyl groups excluding tert-OH is 1. The number of benzene rings is 2. The fraction of sp³-hybridized carbons (Fsp3) is 0.250. The maximum atomic E-state index is 9.75. The van der Waals surface area contributed by atoms with Gasteiger partial charge in [-0.1, -0.05) is 41.4 Å². The molecule has 1 unspecified atom stereocenters. The standard InChI is InChI=1S/C16H16Cl2O2/c1-10-3-5-13(11(2)19)16(7-10)20-9-12-4-6-14(17)15(18)8-12/h3-8,11,19H,9H2,1-2H3. The normalized spacial score (nSPS) is 12.2. The van der Waals surface area contributed by atoms with Gasteiger partial charge in [0.15, 0.2) is 0 Å². The Labute approximate surface area is 128 Å². The van der Waals surface area contributed by atoms with Crippen LogP contribution in [0.25, 0.3) is 0 Å². The lowest BCUT2D eigenvalue weighted by Gasteiger charge is -2.14. The summed E-state index contributed by atoms with van der Waals surface area (Å²) in [5, 5.41) is 10.8. The monoisotopic (exact) mass is 310 g/mol. The molecule has 0 bridgehead atoms. The Morgan fingerprint density at radius 1 is 1.10 bits per heavy atom. The lowest BCUT2D eigenvalue weighted by Crippen LogP contribution is -2.01. The van der Waals surface area contributed by atoms with Gasteiger partial charge in [-0.15, -0.1) is 0 Å². The van der Waals surface area contributed by atoms with Crippen molar-refractivity contribution in [2.45, 2.75) is 26.6 Å². The number of rotatable bonds is 4. The third kappa shape index (κ3) is 3.66. The molecule has 0 saturated heterocycles. The molecule has 20 heavy (non-hydrogen) atoms. The summed E-state index contributed by atoms with van der Waals surface area (Å²) in [6, 6.07) is 11.1. The van der Waals surface area contributed by atoms with E-state index >= 15 is 0 Å². The van der Waals surface area contributed by atoms with Crippen molar-refractivity contribution < 1.29 is 9.84 Å². The Morgan fingerprint density at radius 2 is 1.85 bits per heavy atom. The highest BCUT2D eigenvalue weighted by atomic mass is 35.5. The molecule has 0 radical (unpaired) electrons. The molecule has 0 saturated carbocycles. The Bertz CT molecular complexity index is 609. The number of halogens is 2. The Kier molecular flexibility index (Phi) is 4.92. The molecule has 1 N–H and O–H groups in total. The molecule has 0 fully saturated rings. The minimum atomic E-state index is -0.570. The summed E-state index contributed by atoms with van der Waals surface area (Å²) in [6.45, 7) is 4.08.